The minimum atomic E-state index is -3.70. The van der Waals surface area contributed by atoms with Crippen LogP contribution in [0.15, 0.2) is 23.1 Å². The summed E-state index contributed by atoms with van der Waals surface area (Å²) in [7, 11) is -3.70. The molecular formula is C18H27ClN2O4S. The molecule has 0 unspecified atom stereocenters. The number of carbonyl (C=O) groups is 1. The Morgan fingerprint density at radius 2 is 1.92 bits per heavy atom. The zero-order valence-electron chi connectivity index (χ0n) is 15.2. The number of carbonyl (C=O) groups excluding carboxylic acids is 1. The Bertz CT molecular complexity index is 701. The van der Waals surface area contributed by atoms with Crippen LogP contribution < -0.4 is 5.32 Å². The summed E-state index contributed by atoms with van der Waals surface area (Å²) in [6, 6.07) is 4.39. The Morgan fingerprint density at radius 3 is 2.58 bits per heavy atom. The highest BCUT2D eigenvalue weighted by Crippen LogP contribution is 2.27. The van der Waals surface area contributed by atoms with E-state index in [1.54, 1.807) is 6.07 Å². The van der Waals surface area contributed by atoms with Crippen LogP contribution in [0.1, 0.15) is 49.4 Å². The predicted molar refractivity (Wildman–Crippen MR) is 102 cm³/mol. The van der Waals surface area contributed by atoms with E-state index in [9.17, 15) is 13.2 Å². The minimum Gasteiger partial charge on any atom is -0.382 e. The molecule has 2 rings (SSSR count). The van der Waals surface area contributed by atoms with Crippen LogP contribution in [-0.4, -0.2) is 51.5 Å². The summed E-state index contributed by atoms with van der Waals surface area (Å²) in [6.07, 6.45) is 4.45. The van der Waals surface area contributed by atoms with Gasteiger partial charge < -0.3 is 10.1 Å². The van der Waals surface area contributed by atoms with Crippen molar-refractivity contribution in [1.29, 1.82) is 0 Å². The van der Waals surface area contributed by atoms with Crippen molar-refractivity contribution in [2.24, 2.45) is 0 Å². The van der Waals surface area contributed by atoms with Crippen LogP contribution in [0.3, 0.4) is 0 Å². The Balaban J connectivity index is 2.11. The summed E-state index contributed by atoms with van der Waals surface area (Å²) in [5, 5.41) is 2.92. The Hall–Kier alpha value is -1.15. The molecule has 26 heavy (non-hydrogen) atoms. The number of hydrogen-bond acceptors (Lipinski definition) is 4. The molecule has 146 valence electrons. The summed E-state index contributed by atoms with van der Waals surface area (Å²) in [4.78, 5) is 12.3. The molecule has 1 aliphatic heterocycles. The van der Waals surface area contributed by atoms with E-state index < -0.39 is 10.0 Å². The normalized spacial score (nSPS) is 16.2. The molecule has 1 saturated heterocycles. The molecule has 1 amide bonds. The number of hydrogen-bond donors (Lipinski definition) is 1. The molecule has 1 aromatic rings. The van der Waals surface area contributed by atoms with E-state index in [2.05, 4.69) is 5.32 Å². The van der Waals surface area contributed by atoms with Crippen molar-refractivity contribution >= 4 is 27.5 Å². The molecule has 0 aliphatic carbocycles. The lowest BCUT2D eigenvalue weighted by Crippen LogP contribution is -2.32. The highest BCUT2D eigenvalue weighted by Gasteiger charge is 2.28. The second kappa shape index (κ2) is 10.3. The van der Waals surface area contributed by atoms with E-state index in [1.165, 1.54) is 16.4 Å². The zero-order valence-corrected chi connectivity index (χ0v) is 16.7. The highest BCUT2D eigenvalue weighted by molar-refractivity contribution is 7.89. The average molecular weight is 403 g/mol. The molecule has 1 fully saturated rings. The molecule has 0 aromatic heterocycles. The highest BCUT2D eigenvalue weighted by atomic mass is 35.5. The fraction of sp³-hybridized carbons (Fsp3) is 0.611. The summed E-state index contributed by atoms with van der Waals surface area (Å²) >= 11 is 6.15. The van der Waals surface area contributed by atoms with Gasteiger partial charge in [0.15, 0.2) is 0 Å². The fourth-order valence-electron chi connectivity index (χ4n) is 2.89. The molecule has 0 saturated carbocycles. The maximum atomic E-state index is 13.0. The predicted octanol–water partition coefficient (Wildman–Crippen LogP) is 3.06. The molecule has 0 radical (unpaired) electrons. The van der Waals surface area contributed by atoms with E-state index in [0.29, 0.717) is 44.8 Å². The van der Waals surface area contributed by atoms with Gasteiger partial charge in [-0.05, 0) is 44.4 Å². The molecule has 8 heteroatoms. The first-order chi connectivity index (χ1) is 12.5. The van der Waals surface area contributed by atoms with Gasteiger partial charge in [-0.15, -0.1) is 0 Å². The summed E-state index contributed by atoms with van der Waals surface area (Å²) in [5.41, 5.74) is 0.291. The average Bonchev–Trinajstić information content (AvgIpc) is 2.91. The quantitative estimate of drug-likeness (QED) is 0.678. The lowest BCUT2D eigenvalue weighted by Gasteiger charge is -2.21. The molecule has 1 N–H and O–H groups in total. The number of benzene rings is 1. The van der Waals surface area contributed by atoms with E-state index in [4.69, 9.17) is 16.3 Å². The van der Waals surface area contributed by atoms with Gasteiger partial charge in [-0.1, -0.05) is 24.4 Å². The van der Waals surface area contributed by atoms with Crippen molar-refractivity contribution in [2.45, 2.75) is 43.9 Å². The maximum absolute atomic E-state index is 13.0. The van der Waals surface area contributed by atoms with Gasteiger partial charge in [-0.3, -0.25) is 4.79 Å². The van der Waals surface area contributed by atoms with Crippen molar-refractivity contribution in [3.63, 3.8) is 0 Å². The van der Waals surface area contributed by atoms with E-state index in [0.717, 1.165) is 25.7 Å². The number of sulfonamides is 1. The van der Waals surface area contributed by atoms with Gasteiger partial charge in [-0.25, -0.2) is 8.42 Å². The van der Waals surface area contributed by atoms with Crippen molar-refractivity contribution in [2.75, 3.05) is 32.8 Å². The van der Waals surface area contributed by atoms with Crippen molar-refractivity contribution in [3.05, 3.63) is 28.8 Å². The second-order valence-corrected chi connectivity index (χ2v) is 8.58. The van der Waals surface area contributed by atoms with Crippen molar-refractivity contribution < 1.29 is 17.9 Å². The number of rotatable bonds is 8. The molecule has 1 heterocycles. The SMILES string of the molecule is CCOCCCNC(=O)c1ccc(Cl)c(S(=O)(=O)N2CCCCCC2)c1. The van der Waals surface area contributed by atoms with Gasteiger partial charge in [0.2, 0.25) is 10.0 Å². The third-order valence-corrected chi connectivity index (χ3v) is 6.71. The van der Waals surface area contributed by atoms with Gasteiger partial charge >= 0.3 is 0 Å². The number of ether oxygens (including phenoxy) is 1. The Kier molecular flexibility index (Phi) is 8.34. The lowest BCUT2D eigenvalue weighted by molar-refractivity contribution is 0.0944. The van der Waals surface area contributed by atoms with Crippen LogP contribution in [0.25, 0.3) is 0 Å². The van der Waals surface area contributed by atoms with Crippen molar-refractivity contribution in [1.82, 2.24) is 9.62 Å². The first-order valence-electron chi connectivity index (χ1n) is 9.12. The third kappa shape index (κ3) is 5.67. The van der Waals surface area contributed by atoms with E-state index in [-0.39, 0.29) is 15.8 Å². The largest absolute Gasteiger partial charge is 0.382 e. The number of halogens is 1. The molecule has 6 nitrogen and oxygen atoms in total. The van der Waals surface area contributed by atoms with Gasteiger partial charge in [0.05, 0.1) is 5.02 Å². The van der Waals surface area contributed by atoms with Crippen LogP contribution in [-0.2, 0) is 14.8 Å². The summed E-state index contributed by atoms with van der Waals surface area (Å²) < 4.78 is 32.6. The first kappa shape index (κ1) is 21.2. The summed E-state index contributed by atoms with van der Waals surface area (Å²) in [5.74, 6) is -0.314. The Labute approximate surface area is 160 Å². The van der Waals surface area contributed by atoms with Crippen LogP contribution >= 0.6 is 11.6 Å². The number of nitrogens with one attached hydrogen (secondary N) is 1. The molecular weight excluding hydrogens is 376 g/mol. The molecule has 1 aliphatic rings. The van der Waals surface area contributed by atoms with E-state index in [1.807, 2.05) is 6.92 Å². The third-order valence-electron chi connectivity index (χ3n) is 4.33. The van der Waals surface area contributed by atoms with Crippen LogP contribution in [0, 0.1) is 0 Å². The monoisotopic (exact) mass is 402 g/mol. The van der Waals surface area contributed by atoms with Crippen LogP contribution in [0.2, 0.25) is 5.02 Å². The van der Waals surface area contributed by atoms with E-state index >= 15 is 0 Å². The topological polar surface area (TPSA) is 75.7 Å². The molecule has 1 aromatic carbocycles. The van der Waals surface area contributed by atoms with Gasteiger partial charge in [-0.2, -0.15) is 4.31 Å². The lowest BCUT2D eigenvalue weighted by atomic mass is 10.2. The standard InChI is InChI=1S/C18H27ClN2O4S/c1-2-25-13-7-10-20-18(22)15-8-9-16(19)17(14-15)26(23,24)21-11-5-3-4-6-12-21/h8-9,14H,2-7,10-13H2,1H3,(H,20,22). The maximum Gasteiger partial charge on any atom is 0.251 e. The minimum absolute atomic E-state index is 0.00281. The smallest absolute Gasteiger partial charge is 0.251 e. The van der Waals surface area contributed by atoms with Gasteiger partial charge in [0.1, 0.15) is 4.90 Å². The molecule has 0 spiro atoms. The summed E-state index contributed by atoms with van der Waals surface area (Å²) in [6.45, 7) is 4.59. The fourth-order valence-corrected chi connectivity index (χ4v) is 4.90. The number of nitrogens with zero attached hydrogens (tertiary/aromatic N) is 1. The Morgan fingerprint density at radius 1 is 1.23 bits per heavy atom. The molecule has 0 bridgehead atoms. The molecule has 0 atom stereocenters. The van der Waals surface area contributed by atoms with Crippen LogP contribution in [0.5, 0.6) is 0 Å². The van der Waals surface area contributed by atoms with Gasteiger partial charge in [0.25, 0.3) is 5.91 Å². The number of amides is 1. The van der Waals surface area contributed by atoms with Gasteiger partial charge in [0, 0.05) is 38.4 Å². The zero-order chi connectivity index (χ0) is 19.0. The van der Waals surface area contributed by atoms with Crippen molar-refractivity contribution in [3.8, 4) is 0 Å². The second-order valence-electron chi connectivity index (χ2n) is 6.27. The first-order valence-corrected chi connectivity index (χ1v) is 10.9. The van der Waals surface area contributed by atoms with Crippen LogP contribution in [0.4, 0.5) is 0 Å².